The summed E-state index contributed by atoms with van der Waals surface area (Å²) in [5.41, 5.74) is 2.52. The van der Waals surface area contributed by atoms with Crippen LogP contribution < -0.4 is 9.64 Å². The molecular weight excluding hydrogens is 386 g/mol. The van der Waals surface area contributed by atoms with Gasteiger partial charge in [0.05, 0.1) is 7.11 Å². The highest BCUT2D eigenvalue weighted by molar-refractivity contribution is 5.31. The number of benzene rings is 1. The smallest absolute Gasteiger partial charge is 0.225 e. The predicted molar refractivity (Wildman–Crippen MR) is 125 cm³/mol. The zero-order valence-corrected chi connectivity index (χ0v) is 19.3. The summed E-state index contributed by atoms with van der Waals surface area (Å²) in [6.45, 7) is 8.61. The molecule has 2 saturated heterocycles. The van der Waals surface area contributed by atoms with E-state index in [0.717, 1.165) is 56.9 Å². The molecule has 2 aliphatic rings. The molecule has 0 saturated carbocycles. The second kappa shape index (κ2) is 10.4. The molecule has 168 valence electrons. The Labute approximate surface area is 187 Å². The van der Waals surface area contributed by atoms with Crippen molar-refractivity contribution in [2.45, 2.75) is 51.7 Å². The standard InChI is InChI=1S/C25H37N5O/c1-20-8-14-29(15-9-20)25-26-16-22(17-27-25)19-30(23-10-12-28(2)13-11-23)18-21-4-6-24(31-3)7-5-21/h4-7,16-17,20,23H,8-15,18-19H2,1-3H3. The van der Waals surface area contributed by atoms with E-state index in [9.17, 15) is 0 Å². The molecule has 2 fully saturated rings. The quantitative estimate of drug-likeness (QED) is 0.675. The van der Waals surface area contributed by atoms with Gasteiger partial charge in [0.2, 0.25) is 5.95 Å². The molecule has 1 aromatic heterocycles. The maximum absolute atomic E-state index is 5.33. The van der Waals surface area contributed by atoms with Gasteiger partial charge < -0.3 is 14.5 Å². The van der Waals surface area contributed by atoms with Crippen molar-refractivity contribution in [3.8, 4) is 5.75 Å². The number of likely N-dealkylation sites (tertiary alicyclic amines) is 1. The number of nitrogens with zero attached hydrogens (tertiary/aromatic N) is 5. The molecule has 0 radical (unpaired) electrons. The molecule has 6 nitrogen and oxygen atoms in total. The Kier molecular flexibility index (Phi) is 7.41. The molecule has 4 rings (SSSR count). The predicted octanol–water partition coefficient (Wildman–Crippen LogP) is 3.82. The molecule has 0 atom stereocenters. The first-order valence-electron chi connectivity index (χ1n) is 11.7. The average Bonchev–Trinajstić information content (AvgIpc) is 2.81. The largest absolute Gasteiger partial charge is 0.497 e. The molecule has 0 spiro atoms. The van der Waals surface area contributed by atoms with Crippen LogP contribution in [0.5, 0.6) is 5.75 Å². The number of hydrogen-bond acceptors (Lipinski definition) is 6. The van der Waals surface area contributed by atoms with Gasteiger partial charge in [-0.3, -0.25) is 4.90 Å². The Bertz CT molecular complexity index is 794. The van der Waals surface area contributed by atoms with E-state index < -0.39 is 0 Å². The van der Waals surface area contributed by atoms with Gasteiger partial charge in [-0.2, -0.15) is 0 Å². The van der Waals surface area contributed by atoms with Gasteiger partial charge in [-0.05, 0) is 69.4 Å². The van der Waals surface area contributed by atoms with E-state index >= 15 is 0 Å². The van der Waals surface area contributed by atoms with Crippen LogP contribution in [-0.2, 0) is 13.1 Å². The lowest BCUT2D eigenvalue weighted by atomic mass is 10.00. The number of ether oxygens (including phenoxy) is 1. The number of hydrogen-bond donors (Lipinski definition) is 0. The van der Waals surface area contributed by atoms with Crippen LogP contribution in [0, 0.1) is 5.92 Å². The molecule has 2 aromatic rings. The number of rotatable bonds is 7. The molecular formula is C25H37N5O. The normalized spacial score (nSPS) is 19.2. The third-order valence-electron chi connectivity index (χ3n) is 6.89. The third kappa shape index (κ3) is 5.95. The fraction of sp³-hybridized carbons (Fsp3) is 0.600. The fourth-order valence-corrected chi connectivity index (χ4v) is 4.68. The Hall–Kier alpha value is -2.18. The highest BCUT2D eigenvalue weighted by Gasteiger charge is 2.24. The molecule has 31 heavy (non-hydrogen) atoms. The van der Waals surface area contributed by atoms with Crippen molar-refractivity contribution in [1.29, 1.82) is 0 Å². The highest BCUT2D eigenvalue weighted by Crippen LogP contribution is 2.23. The molecule has 0 aliphatic carbocycles. The molecule has 0 amide bonds. The molecule has 2 aliphatic heterocycles. The van der Waals surface area contributed by atoms with Gasteiger partial charge in [0.1, 0.15) is 5.75 Å². The van der Waals surface area contributed by atoms with Crippen molar-refractivity contribution in [3.63, 3.8) is 0 Å². The van der Waals surface area contributed by atoms with Gasteiger partial charge in [-0.25, -0.2) is 9.97 Å². The number of piperidine rings is 2. The Balaban J connectivity index is 1.44. The monoisotopic (exact) mass is 423 g/mol. The van der Waals surface area contributed by atoms with E-state index in [-0.39, 0.29) is 0 Å². The molecule has 6 heteroatoms. The van der Waals surface area contributed by atoms with Crippen LogP contribution >= 0.6 is 0 Å². The van der Waals surface area contributed by atoms with Gasteiger partial charge in [0, 0.05) is 50.2 Å². The van der Waals surface area contributed by atoms with Gasteiger partial charge in [-0.15, -0.1) is 0 Å². The van der Waals surface area contributed by atoms with E-state index in [1.807, 2.05) is 12.4 Å². The van der Waals surface area contributed by atoms with Crippen molar-refractivity contribution < 1.29 is 4.74 Å². The lowest BCUT2D eigenvalue weighted by molar-refractivity contribution is 0.108. The minimum atomic E-state index is 0.585. The summed E-state index contributed by atoms with van der Waals surface area (Å²) in [6.07, 6.45) is 8.95. The lowest BCUT2D eigenvalue weighted by Crippen LogP contribution is -2.43. The molecule has 3 heterocycles. The van der Waals surface area contributed by atoms with E-state index in [2.05, 4.69) is 52.9 Å². The summed E-state index contributed by atoms with van der Waals surface area (Å²) in [5, 5.41) is 0. The first kappa shape index (κ1) is 22.0. The zero-order chi connectivity index (χ0) is 21.6. The van der Waals surface area contributed by atoms with Crippen molar-refractivity contribution in [2.24, 2.45) is 5.92 Å². The van der Waals surface area contributed by atoms with Crippen molar-refractivity contribution >= 4 is 5.95 Å². The minimum Gasteiger partial charge on any atom is -0.497 e. The maximum Gasteiger partial charge on any atom is 0.225 e. The van der Waals surface area contributed by atoms with E-state index in [1.165, 1.54) is 36.8 Å². The SMILES string of the molecule is COc1ccc(CN(Cc2cnc(N3CCC(C)CC3)nc2)C2CCN(C)CC2)cc1. The first-order valence-corrected chi connectivity index (χ1v) is 11.7. The number of aromatic nitrogens is 2. The highest BCUT2D eigenvalue weighted by atomic mass is 16.5. The van der Waals surface area contributed by atoms with E-state index in [0.29, 0.717) is 6.04 Å². The molecule has 1 aromatic carbocycles. The van der Waals surface area contributed by atoms with Crippen molar-refractivity contribution in [1.82, 2.24) is 19.8 Å². The fourth-order valence-electron chi connectivity index (χ4n) is 4.68. The number of anilines is 1. The van der Waals surface area contributed by atoms with Crippen molar-refractivity contribution in [3.05, 3.63) is 47.8 Å². The second-order valence-electron chi connectivity index (χ2n) is 9.35. The second-order valence-corrected chi connectivity index (χ2v) is 9.35. The summed E-state index contributed by atoms with van der Waals surface area (Å²) in [5.74, 6) is 2.61. The zero-order valence-electron chi connectivity index (χ0n) is 19.3. The van der Waals surface area contributed by atoms with Gasteiger partial charge in [0.15, 0.2) is 0 Å². The summed E-state index contributed by atoms with van der Waals surface area (Å²) < 4.78 is 5.33. The van der Waals surface area contributed by atoms with Gasteiger partial charge >= 0.3 is 0 Å². The Morgan fingerprint density at radius 1 is 0.903 bits per heavy atom. The van der Waals surface area contributed by atoms with Crippen LogP contribution in [0.4, 0.5) is 5.95 Å². The van der Waals surface area contributed by atoms with E-state index in [4.69, 9.17) is 14.7 Å². The third-order valence-corrected chi connectivity index (χ3v) is 6.89. The molecule has 0 unspecified atom stereocenters. The molecule has 0 bridgehead atoms. The first-order chi connectivity index (χ1) is 15.1. The van der Waals surface area contributed by atoms with Crippen LogP contribution in [0.3, 0.4) is 0 Å². The molecule has 0 N–H and O–H groups in total. The summed E-state index contributed by atoms with van der Waals surface area (Å²) in [6, 6.07) is 9.05. The van der Waals surface area contributed by atoms with Crippen molar-refractivity contribution in [2.75, 3.05) is 45.2 Å². The van der Waals surface area contributed by atoms with Crippen LogP contribution in [0.2, 0.25) is 0 Å². The summed E-state index contributed by atoms with van der Waals surface area (Å²) >= 11 is 0. The summed E-state index contributed by atoms with van der Waals surface area (Å²) in [4.78, 5) is 16.8. The van der Waals surface area contributed by atoms with Gasteiger partial charge in [0.25, 0.3) is 0 Å². The van der Waals surface area contributed by atoms with E-state index in [1.54, 1.807) is 7.11 Å². The topological polar surface area (TPSA) is 44.7 Å². The Morgan fingerprint density at radius 3 is 2.13 bits per heavy atom. The van der Waals surface area contributed by atoms with Crippen LogP contribution in [0.25, 0.3) is 0 Å². The average molecular weight is 424 g/mol. The lowest BCUT2D eigenvalue weighted by Gasteiger charge is -2.37. The van der Waals surface area contributed by atoms with Crippen LogP contribution in [0.1, 0.15) is 43.7 Å². The minimum absolute atomic E-state index is 0.585. The maximum atomic E-state index is 5.33. The Morgan fingerprint density at radius 2 is 1.52 bits per heavy atom. The number of methoxy groups -OCH3 is 1. The van der Waals surface area contributed by atoms with Crippen LogP contribution in [-0.4, -0.2) is 66.1 Å². The van der Waals surface area contributed by atoms with Crippen LogP contribution in [0.15, 0.2) is 36.7 Å². The summed E-state index contributed by atoms with van der Waals surface area (Å²) in [7, 11) is 3.94. The van der Waals surface area contributed by atoms with Gasteiger partial charge in [-0.1, -0.05) is 19.1 Å².